The molecule has 0 aromatic rings. The highest BCUT2D eigenvalue weighted by molar-refractivity contribution is 4.74. The van der Waals surface area contributed by atoms with Gasteiger partial charge in [-0.25, -0.2) is 0 Å². The molecule has 15 heavy (non-hydrogen) atoms. The van der Waals surface area contributed by atoms with Crippen LogP contribution in [0.1, 0.15) is 6.42 Å². The van der Waals surface area contributed by atoms with Gasteiger partial charge in [0.2, 0.25) is 0 Å². The molecule has 1 unspecified atom stereocenters. The van der Waals surface area contributed by atoms with E-state index in [-0.39, 0.29) is 6.54 Å². The molecule has 3 nitrogen and oxygen atoms in total. The van der Waals surface area contributed by atoms with Crippen molar-refractivity contribution in [2.45, 2.75) is 18.7 Å². The predicted molar refractivity (Wildman–Crippen MR) is 50.6 cm³/mol. The number of halogens is 3. The van der Waals surface area contributed by atoms with Crippen LogP contribution in [0, 0.1) is 0 Å². The summed E-state index contributed by atoms with van der Waals surface area (Å²) in [6.07, 6.45) is -5.87. The van der Waals surface area contributed by atoms with Gasteiger partial charge in [0.1, 0.15) is 0 Å². The topological polar surface area (TPSA) is 26.7 Å². The van der Waals surface area contributed by atoms with Gasteiger partial charge in [0.05, 0.1) is 0 Å². The van der Waals surface area contributed by atoms with Crippen LogP contribution in [-0.4, -0.2) is 67.0 Å². The van der Waals surface area contributed by atoms with E-state index >= 15 is 0 Å². The van der Waals surface area contributed by atoms with Crippen molar-refractivity contribution in [2.24, 2.45) is 0 Å². The Labute approximate surface area is 87.5 Å². The lowest BCUT2D eigenvalue weighted by Crippen LogP contribution is -2.42. The van der Waals surface area contributed by atoms with Gasteiger partial charge in [-0.2, -0.15) is 13.2 Å². The second kappa shape index (κ2) is 5.14. The van der Waals surface area contributed by atoms with Gasteiger partial charge >= 0.3 is 6.18 Å². The average Bonchev–Trinajstić information content (AvgIpc) is 2.29. The SMILES string of the molecule is CN1CCCN(CC(O)C(F)(F)F)CC1. The van der Waals surface area contributed by atoms with Crippen LogP contribution in [0.2, 0.25) is 0 Å². The summed E-state index contributed by atoms with van der Waals surface area (Å²) in [4.78, 5) is 3.75. The highest BCUT2D eigenvalue weighted by Crippen LogP contribution is 2.20. The molecule has 0 amide bonds. The van der Waals surface area contributed by atoms with E-state index in [1.807, 2.05) is 7.05 Å². The van der Waals surface area contributed by atoms with Crippen LogP contribution >= 0.6 is 0 Å². The van der Waals surface area contributed by atoms with Crippen LogP contribution in [0.15, 0.2) is 0 Å². The summed E-state index contributed by atoms with van der Waals surface area (Å²) in [5, 5.41) is 8.92. The summed E-state index contributed by atoms with van der Waals surface area (Å²) >= 11 is 0. The molecule has 0 radical (unpaired) electrons. The number of nitrogens with zero attached hydrogens (tertiary/aromatic N) is 2. The van der Waals surface area contributed by atoms with E-state index in [2.05, 4.69) is 4.90 Å². The zero-order valence-corrected chi connectivity index (χ0v) is 8.80. The number of hydrogen-bond acceptors (Lipinski definition) is 3. The minimum atomic E-state index is -4.50. The highest BCUT2D eigenvalue weighted by atomic mass is 19.4. The largest absolute Gasteiger partial charge is 0.415 e. The molecule has 0 bridgehead atoms. The Morgan fingerprint density at radius 2 is 1.87 bits per heavy atom. The molecule has 1 heterocycles. The first kappa shape index (κ1) is 12.7. The summed E-state index contributed by atoms with van der Waals surface area (Å²) in [5.74, 6) is 0. The number of rotatable bonds is 2. The van der Waals surface area contributed by atoms with Crippen LogP contribution in [0.25, 0.3) is 0 Å². The molecule has 1 rings (SSSR count). The Bertz CT molecular complexity index is 198. The molecule has 1 saturated heterocycles. The number of alkyl halides is 3. The van der Waals surface area contributed by atoms with Crippen molar-refractivity contribution in [2.75, 3.05) is 39.8 Å². The third-order valence-electron chi connectivity index (χ3n) is 2.62. The molecule has 1 aliphatic rings. The molecule has 0 aromatic heterocycles. The first-order valence-corrected chi connectivity index (χ1v) is 5.05. The summed E-state index contributed by atoms with van der Waals surface area (Å²) in [6, 6.07) is 0. The van der Waals surface area contributed by atoms with Gasteiger partial charge in [0, 0.05) is 19.6 Å². The summed E-state index contributed by atoms with van der Waals surface area (Å²) in [6.45, 7) is 2.56. The molecular weight excluding hydrogens is 209 g/mol. The number of hydrogen-bond donors (Lipinski definition) is 1. The van der Waals surface area contributed by atoms with E-state index in [4.69, 9.17) is 5.11 Å². The Kier molecular flexibility index (Phi) is 4.36. The second-order valence-corrected chi connectivity index (χ2v) is 4.01. The highest BCUT2D eigenvalue weighted by Gasteiger charge is 2.39. The molecule has 1 fully saturated rings. The predicted octanol–water partition coefficient (Wildman–Crippen LogP) is 0.547. The van der Waals surface area contributed by atoms with Crippen molar-refractivity contribution in [3.05, 3.63) is 0 Å². The van der Waals surface area contributed by atoms with Crippen LogP contribution in [0.4, 0.5) is 13.2 Å². The van der Waals surface area contributed by atoms with Gasteiger partial charge in [-0.3, -0.25) is 4.90 Å². The van der Waals surface area contributed by atoms with Crippen molar-refractivity contribution in [3.8, 4) is 0 Å². The lowest BCUT2D eigenvalue weighted by atomic mass is 10.3. The maximum Gasteiger partial charge on any atom is 0.415 e. The monoisotopic (exact) mass is 226 g/mol. The maximum atomic E-state index is 12.1. The molecule has 1 aliphatic heterocycles. The van der Waals surface area contributed by atoms with Gasteiger partial charge < -0.3 is 10.0 Å². The Morgan fingerprint density at radius 1 is 1.20 bits per heavy atom. The van der Waals surface area contributed by atoms with E-state index in [0.717, 1.165) is 19.5 Å². The Hall–Kier alpha value is -0.330. The van der Waals surface area contributed by atoms with Gasteiger partial charge in [0.25, 0.3) is 0 Å². The van der Waals surface area contributed by atoms with E-state index in [1.54, 1.807) is 4.90 Å². The fraction of sp³-hybridized carbons (Fsp3) is 1.00. The number of β-amino-alcohol motifs (C(OH)–C–C–N with tert-alkyl or cyclic N) is 1. The molecule has 1 N–H and O–H groups in total. The normalized spacial score (nSPS) is 23.8. The molecule has 0 saturated carbocycles. The molecule has 1 atom stereocenters. The maximum absolute atomic E-state index is 12.1. The lowest BCUT2D eigenvalue weighted by molar-refractivity contribution is -0.208. The molecule has 0 aliphatic carbocycles. The van der Waals surface area contributed by atoms with Gasteiger partial charge in [-0.1, -0.05) is 0 Å². The minimum Gasteiger partial charge on any atom is -0.382 e. The summed E-state index contributed by atoms with van der Waals surface area (Å²) in [5.41, 5.74) is 0. The van der Waals surface area contributed by atoms with Crippen molar-refractivity contribution in [1.82, 2.24) is 9.80 Å². The van der Waals surface area contributed by atoms with Crippen LogP contribution in [0.3, 0.4) is 0 Å². The van der Waals surface area contributed by atoms with Crippen LogP contribution in [-0.2, 0) is 0 Å². The van der Waals surface area contributed by atoms with Crippen molar-refractivity contribution >= 4 is 0 Å². The third-order valence-corrected chi connectivity index (χ3v) is 2.62. The van der Waals surface area contributed by atoms with Crippen molar-refractivity contribution in [3.63, 3.8) is 0 Å². The Morgan fingerprint density at radius 3 is 2.47 bits per heavy atom. The lowest BCUT2D eigenvalue weighted by Gasteiger charge is -2.24. The van der Waals surface area contributed by atoms with Crippen molar-refractivity contribution in [1.29, 1.82) is 0 Å². The molecular formula is C9H17F3N2O. The van der Waals surface area contributed by atoms with E-state index < -0.39 is 12.3 Å². The smallest absolute Gasteiger partial charge is 0.382 e. The van der Waals surface area contributed by atoms with Gasteiger partial charge in [-0.15, -0.1) is 0 Å². The zero-order valence-electron chi connectivity index (χ0n) is 8.80. The zero-order chi connectivity index (χ0) is 11.5. The van der Waals surface area contributed by atoms with Crippen molar-refractivity contribution < 1.29 is 18.3 Å². The number of aliphatic hydroxyl groups excluding tert-OH is 1. The van der Waals surface area contributed by atoms with Gasteiger partial charge in [-0.05, 0) is 26.6 Å². The molecule has 90 valence electrons. The third kappa shape index (κ3) is 4.36. The average molecular weight is 226 g/mol. The molecule has 6 heteroatoms. The van der Waals surface area contributed by atoms with Gasteiger partial charge in [0.15, 0.2) is 6.10 Å². The number of likely N-dealkylation sites (N-methyl/N-ethyl adjacent to an activating group) is 1. The second-order valence-electron chi connectivity index (χ2n) is 4.01. The minimum absolute atomic E-state index is 0.308. The number of aliphatic hydroxyl groups is 1. The van der Waals surface area contributed by atoms with E-state index in [1.165, 1.54) is 0 Å². The summed E-state index contributed by atoms with van der Waals surface area (Å²) < 4.78 is 36.3. The quantitative estimate of drug-likeness (QED) is 0.744. The summed E-state index contributed by atoms with van der Waals surface area (Å²) in [7, 11) is 1.95. The van der Waals surface area contributed by atoms with E-state index in [9.17, 15) is 13.2 Å². The fourth-order valence-electron chi connectivity index (χ4n) is 1.63. The Balaban J connectivity index is 2.38. The first-order valence-electron chi connectivity index (χ1n) is 5.05. The van der Waals surface area contributed by atoms with E-state index in [0.29, 0.717) is 13.1 Å². The molecule has 0 spiro atoms. The standard InChI is InChI=1S/C9H17F3N2O/c1-13-3-2-4-14(6-5-13)7-8(15)9(10,11)12/h8,15H,2-7H2,1H3. The van der Waals surface area contributed by atoms with Crippen LogP contribution in [0.5, 0.6) is 0 Å². The first-order chi connectivity index (χ1) is 6.89. The van der Waals surface area contributed by atoms with Crippen LogP contribution < -0.4 is 0 Å². The molecule has 0 aromatic carbocycles. The fourth-order valence-corrected chi connectivity index (χ4v) is 1.63.